The number of benzene rings is 1. The fourth-order valence-corrected chi connectivity index (χ4v) is 1.53. The molecule has 1 unspecified atom stereocenters. The number of carbonyl (C=O) groups is 1. The van der Waals surface area contributed by atoms with Crippen molar-refractivity contribution in [3.05, 3.63) is 35.9 Å². The normalized spacial score (nSPS) is 12.1. The van der Waals surface area contributed by atoms with Crippen LogP contribution in [0.25, 0.3) is 0 Å². The van der Waals surface area contributed by atoms with E-state index in [0.29, 0.717) is 13.0 Å². The predicted molar refractivity (Wildman–Crippen MR) is 67.4 cm³/mol. The molecule has 0 saturated heterocycles. The van der Waals surface area contributed by atoms with Gasteiger partial charge in [-0.1, -0.05) is 62.2 Å². The van der Waals surface area contributed by atoms with Crippen LogP contribution < -0.4 is 0 Å². The largest absolute Gasteiger partial charge is 0.461 e. The summed E-state index contributed by atoms with van der Waals surface area (Å²) < 4.78 is 5.11. The van der Waals surface area contributed by atoms with Crippen LogP contribution in [0.2, 0.25) is 0 Å². The minimum absolute atomic E-state index is 0.140. The molecule has 0 saturated carbocycles. The second-order valence-corrected chi connectivity index (χ2v) is 5.04. The Morgan fingerprint density at radius 2 is 2.00 bits per heavy atom. The second kappa shape index (κ2) is 7.01. The number of rotatable bonds is 5. The Kier molecular flexibility index (Phi) is 5.95. The lowest BCUT2D eigenvalue weighted by molar-refractivity contribution is -0.144. The monoisotopic (exact) mass is 334 g/mol. The number of hydrogen-bond donors (Lipinski definition) is 0. The maximum absolute atomic E-state index is 11.3. The van der Waals surface area contributed by atoms with Crippen molar-refractivity contribution < 1.29 is 9.53 Å². The maximum Gasteiger partial charge on any atom is 0.307 e. The van der Waals surface area contributed by atoms with Gasteiger partial charge in [-0.3, -0.25) is 4.79 Å². The number of esters is 1. The molecule has 0 aliphatic heterocycles. The minimum atomic E-state index is -0.180. The Morgan fingerprint density at radius 3 is 2.60 bits per heavy atom. The summed E-state index contributed by atoms with van der Waals surface area (Å²) in [5.74, 6) is -0.180. The molecule has 82 valence electrons. The van der Waals surface area contributed by atoms with E-state index in [4.69, 9.17) is 4.74 Å². The summed E-state index contributed by atoms with van der Waals surface area (Å²) in [5.41, 5.74) is 1.01. The molecule has 15 heavy (non-hydrogen) atoms. The van der Waals surface area contributed by atoms with Crippen molar-refractivity contribution in [2.45, 2.75) is 17.9 Å². The summed E-state index contributed by atoms with van der Waals surface area (Å²) in [4.78, 5) is 11.5. The van der Waals surface area contributed by atoms with Gasteiger partial charge in [-0.2, -0.15) is 0 Å². The second-order valence-electron chi connectivity index (χ2n) is 3.10. The van der Waals surface area contributed by atoms with E-state index < -0.39 is 0 Å². The Hall–Kier alpha value is -0.350. The van der Waals surface area contributed by atoms with E-state index in [0.717, 1.165) is 10.9 Å². The van der Waals surface area contributed by atoms with E-state index in [1.54, 1.807) is 0 Å². The van der Waals surface area contributed by atoms with E-state index in [1.165, 1.54) is 0 Å². The molecule has 0 spiro atoms. The highest BCUT2D eigenvalue weighted by atomic mass is 79.9. The van der Waals surface area contributed by atoms with Crippen LogP contribution in [-0.2, 0) is 16.1 Å². The number of alkyl halides is 2. The fraction of sp³-hybridized carbons (Fsp3) is 0.364. The average molecular weight is 336 g/mol. The zero-order valence-corrected chi connectivity index (χ0v) is 11.3. The first-order valence-corrected chi connectivity index (χ1v) is 6.65. The van der Waals surface area contributed by atoms with E-state index in [2.05, 4.69) is 31.9 Å². The van der Waals surface area contributed by atoms with Gasteiger partial charge in [0.25, 0.3) is 0 Å². The standard InChI is InChI=1S/C11H12Br2O2/c12-7-10(13)6-11(14)15-8-9-4-2-1-3-5-9/h1-5,10H,6-8H2. The average Bonchev–Trinajstić information content (AvgIpc) is 2.27. The quantitative estimate of drug-likeness (QED) is 0.609. The van der Waals surface area contributed by atoms with E-state index in [1.807, 2.05) is 30.3 Å². The highest BCUT2D eigenvalue weighted by molar-refractivity contribution is 9.12. The molecule has 1 rings (SSSR count). The molecule has 0 amide bonds. The number of ether oxygens (including phenoxy) is 1. The van der Waals surface area contributed by atoms with Crippen LogP contribution in [0.3, 0.4) is 0 Å². The molecule has 0 aromatic heterocycles. The first-order valence-electron chi connectivity index (χ1n) is 4.62. The Bertz CT molecular complexity index is 301. The lowest BCUT2D eigenvalue weighted by Gasteiger charge is -2.06. The zero-order chi connectivity index (χ0) is 11.1. The van der Waals surface area contributed by atoms with Crippen LogP contribution in [0.1, 0.15) is 12.0 Å². The zero-order valence-electron chi connectivity index (χ0n) is 8.16. The summed E-state index contributed by atoms with van der Waals surface area (Å²) in [7, 11) is 0. The van der Waals surface area contributed by atoms with Gasteiger partial charge in [-0.05, 0) is 5.56 Å². The topological polar surface area (TPSA) is 26.3 Å². The Balaban J connectivity index is 2.29. The fourth-order valence-electron chi connectivity index (χ4n) is 1.03. The van der Waals surface area contributed by atoms with E-state index in [-0.39, 0.29) is 10.8 Å². The van der Waals surface area contributed by atoms with Crippen molar-refractivity contribution in [1.82, 2.24) is 0 Å². The summed E-state index contributed by atoms with van der Waals surface area (Å²) >= 11 is 6.64. The molecular formula is C11H12Br2O2. The molecule has 1 aromatic rings. The molecule has 0 fully saturated rings. The third kappa shape index (κ3) is 5.33. The van der Waals surface area contributed by atoms with Crippen molar-refractivity contribution in [2.24, 2.45) is 0 Å². The number of hydrogen-bond acceptors (Lipinski definition) is 2. The van der Waals surface area contributed by atoms with Gasteiger partial charge < -0.3 is 4.74 Å². The van der Waals surface area contributed by atoms with Gasteiger partial charge in [-0.15, -0.1) is 0 Å². The summed E-state index contributed by atoms with van der Waals surface area (Å²) in [6.45, 7) is 0.349. The summed E-state index contributed by atoms with van der Waals surface area (Å²) in [6, 6.07) is 9.65. The van der Waals surface area contributed by atoms with Crippen molar-refractivity contribution in [3.63, 3.8) is 0 Å². The van der Waals surface area contributed by atoms with Gasteiger partial charge in [-0.25, -0.2) is 0 Å². The smallest absolute Gasteiger partial charge is 0.307 e. The van der Waals surface area contributed by atoms with Crippen LogP contribution in [0.15, 0.2) is 30.3 Å². The van der Waals surface area contributed by atoms with Gasteiger partial charge in [0.1, 0.15) is 6.61 Å². The molecule has 0 bridgehead atoms. The van der Waals surface area contributed by atoms with Crippen molar-refractivity contribution in [1.29, 1.82) is 0 Å². The van der Waals surface area contributed by atoms with Crippen LogP contribution in [0.5, 0.6) is 0 Å². The highest BCUT2D eigenvalue weighted by Crippen LogP contribution is 2.10. The maximum atomic E-state index is 11.3. The first-order chi connectivity index (χ1) is 7.22. The summed E-state index contributed by atoms with van der Waals surface area (Å²) in [6.07, 6.45) is 0.387. The molecule has 0 N–H and O–H groups in total. The lowest BCUT2D eigenvalue weighted by Crippen LogP contribution is -2.11. The molecule has 0 aliphatic carbocycles. The minimum Gasteiger partial charge on any atom is -0.461 e. The molecule has 0 heterocycles. The van der Waals surface area contributed by atoms with Crippen LogP contribution in [-0.4, -0.2) is 16.1 Å². The molecule has 4 heteroatoms. The van der Waals surface area contributed by atoms with Crippen molar-refractivity contribution >= 4 is 37.8 Å². The molecule has 0 radical (unpaired) electrons. The van der Waals surface area contributed by atoms with Crippen LogP contribution in [0.4, 0.5) is 0 Å². The van der Waals surface area contributed by atoms with E-state index >= 15 is 0 Å². The Labute approximate surface area is 106 Å². The number of carbonyl (C=O) groups excluding carboxylic acids is 1. The molecule has 0 aliphatic rings. The predicted octanol–water partition coefficient (Wildman–Crippen LogP) is 3.28. The van der Waals surface area contributed by atoms with Crippen LogP contribution in [0, 0.1) is 0 Å². The third-order valence-electron chi connectivity index (χ3n) is 1.80. The molecule has 1 atom stereocenters. The van der Waals surface area contributed by atoms with Crippen LogP contribution >= 0.6 is 31.9 Å². The third-order valence-corrected chi connectivity index (χ3v) is 4.10. The Morgan fingerprint density at radius 1 is 1.33 bits per heavy atom. The van der Waals surface area contributed by atoms with Gasteiger partial charge in [0.15, 0.2) is 0 Å². The lowest BCUT2D eigenvalue weighted by atomic mass is 10.2. The van der Waals surface area contributed by atoms with Gasteiger partial charge >= 0.3 is 5.97 Å². The van der Waals surface area contributed by atoms with Crippen molar-refractivity contribution in [3.8, 4) is 0 Å². The summed E-state index contributed by atoms with van der Waals surface area (Å²) in [5, 5.41) is 0.743. The van der Waals surface area contributed by atoms with Gasteiger partial charge in [0, 0.05) is 10.2 Å². The van der Waals surface area contributed by atoms with Crippen molar-refractivity contribution in [2.75, 3.05) is 5.33 Å². The first kappa shape index (κ1) is 12.7. The highest BCUT2D eigenvalue weighted by Gasteiger charge is 2.10. The van der Waals surface area contributed by atoms with E-state index in [9.17, 15) is 4.79 Å². The molecular weight excluding hydrogens is 324 g/mol. The molecule has 1 aromatic carbocycles. The van der Waals surface area contributed by atoms with Gasteiger partial charge in [0.05, 0.1) is 6.42 Å². The molecule has 2 nitrogen and oxygen atoms in total. The van der Waals surface area contributed by atoms with Gasteiger partial charge in [0.2, 0.25) is 0 Å². The number of halogens is 2. The SMILES string of the molecule is O=C(CC(Br)CBr)OCc1ccccc1.